The topological polar surface area (TPSA) is 138 Å². The van der Waals surface area contributed by atoms with Crippen molar-refractivity contribution in [2.45, 2.75) is 17.5 Å². The summed E-state index contributed by atoms with van der Waals surface area (Å²) in [5.41, 5.74) is -2.62. The first-order valence-corrected chi connectivity index (χ1v) is 16.2. The van der Waals surface area contributed by atoms with Crippen LogP contribution in [0.4, 0.5) is 42.1 Å². The second-order valence-electron chi connectivity index (χ2n) is 11.0. The molecule has 0 aliphatic carbocycles. The number of ether oxygens (including phenoxy) is 1. The molecule has 18 heteroatoms. The molecule has 4 aromatic carbocycles. The standard InChI is InChI=1S/C33H25F7N6O4S/c1-42-9-4-10-50-26-12-18(7-8-23(26)45-51(48,49)31-29(36)27(34)21(15-41)28(35)30(31)37)32(47)44-19-6-3-5-17(11-19)20-13-24-25(46(2)16-43-24)14-22(20)33(38,39)40/h3,5-8,11-14,16,42,45H,4,9-10H2,1-2H3,(H,44,47). The zero-order valence-corrected chi connectivity index (χ0v) is 27.2. The van der Waals surface area contributed by atoms with E-state index in [9.17, 15) is 43.9 Å². The third-order valence-corrected chi connectivity index (χ3v) is 8.91. The van der Waals surface area contributed by atoms with Gasteiger partial charge < -0.3 is 19.9 Å². The van der Waals surface area contributed by atoms with E-state index in [-0.39, 0.29) is 40.3 Å². The molecule has 0 saturated heterocycles. The fraction of sp³-hybridized carbons (Fsp3) is 0.182. The van der Waals surface area contributed by atoms with Crippen LogP contribution in [0.2, 0.25) is 0 Å². The average Bonchev–Trinajstić information content (AvgIpc) is 3.45. The van der Waals surface area contributed by atoms with Gasteiger partial charge in [0.05, 0.1) is 35.2 Å². The normalized spacial score (nSPS) is 11.8. The van der Waals surface area contributed by atoms with Crippen molar-refractivity contribution in [1.29, 1.82) is 5.26 Å². The second kappa shape index (κ2) is 14.3. The fourth-order valence-corrected chi connectivity index (χ4v) is 6.27. The molecule has 0 bridgehead atoms. The minimum Gasteiger partial charge on any atom is -0.491 e. The molecule has 0 atom stereocenters. The van der Waals surface area contributed by atoms with Gasteiger partial charge in [0.15, 0.2) is 28.2 Å². The van der Waals surface area contributed by atoms with Crippen LogP contribution in [-0.2, 0) is 23.2 Å². The van der Waals surface area contributed by atoms with E-state index in [1.54, 1.807) is 18.8 Å². The van der Waals surface area contributed by atoms with Crippen LogP contribution >= 0.6 is 0 Å². The van der Waals surface area contributed by atoms with E-state index in [0.717, 1.165) is 30.3 Å². The van der Waals surface area contributed by atoms with E-state index >= 15 is 0 Å². The van der Waals surface area contributed by atoms with Gasteiger partial charge in [-0.15, -0.1) is 0 Å². The largest absolute Gasteiger partial charge is 0.491 e. The zero-order valence-electron chi connectivity index (χ0n) is 26.4. The molecule has 0 unspecified atom stereocenters. The quantitative estimate of drug-likeness (QED) is 0.0778. The van der Waals surface area contributed by atoms with E-state index in [2.05, 4.69) is 15.6 Å². The number of nitriles is 1. The molecule has 51 heavy (non-hydrogen) atoms. The van der Waals surface area contributed by atoms with Crippen LogP contribution in [0.1, 0.15) is 27.9 Å². The van der Waals surface area contributed by atoms with Gasteiger partial charge in [-0.3, -0.25) is 9.52 Å². The number of imidazole rings is 1. The maximum atomic E-state index is 14.6. The van der Waals surface area contributed by atoms with Gasteiger partial charge in [-0.05, 0) is 73.6 Å². The number of hydrogen-bond acceptors (Lipinski definition) is 7. The highest BCUT2D eigenvalue weighted by Crippen LogP contribution is 2.40. The number of nitrogens with one attached hydrogen (secondary N) is 3. The number of amides is 1. The third-order valence-electron chi connectivity index (χ3n) is 7.52. The summed E-state index contributed by atoms with van der Waals surface area (Å²) < 4.78 is 135. The maximum Gasteiger partial charge on any atom is 0.417 e. The van der Waals surface area contributed by atoms with Crippen molar-refractivity contribution >= 4 is 38.3 Å². The van der Waals surface area contributed by atoms with Crippen LogP contribution in [0.3, 0.4) is 0 Å². The number of rotatable bonds is 11. The molecule has 0 aliphatic rings. The number of hydrogen-bond donors (Lipinski definition) is 3. The van der Waals surface area contributed by atoms with E-state index in [0.29, 0.717) is 18.5 Å². The smallest absolute Gasteiger partial charge is 0.417 e. The minimum absolute atomic E-state index is 0.0618. The third kappa shape index (κ3) is 7.44. The number of sulfonamides is 1. The number of aryl methyl sites for hydroxylation is 1. The highest BCUT2D eigenvalue weighted by Gasteiger charge is 2.35. The fourth-order valence-electron chi connectivity index (χ4n) is 5.05. The van der Waals surface area contributed by atoms with Gasteiger partial charge >= 0.3 is 6.18 Å². The van der Waals surface area contributed by atoms with E-state index in [1.165, 1.54) is 41.2 Å². The number of carbonyl (C=O) groups excluding carboxylic acids is 1. The van der Waals surface area contributed by atoms with Crippen molar-refractivity contribution in [3.8, 4) is 22.9 Å². The lowest BCUT2D eigenvalue weighted by Gasteiger charge is -2.17. The lowest BCUT2D eigenvalue weighted by atomic mass is 9.98. The van der Waals surface area contributed by atoms with Crippen LogP contribution in [-0.4, -0.2) is 44.1 Å². The molecule has 1 amide bonds. The first-order valence-electron chi connectivity index (χ1n) is 14.7. The van der Waals surface area contributed by atoms with Gasteiger partial charge in [0, 0.05) is 18.3 Å². The Morgan fingerprint density at radius 3 is 2.35 bits per heavy atom. The highest BCUT2D eigenvalue weighted by molar-refractivity contribution is 7.92. The first-order chi connectivity index (χ1) is 24.1. The van der Waals surface area contributed by atoms with Crippen LogP contribution in [0.5, 0.6) is 5.75 Å². The number of benzene rings is 4. The van der Waals surface area contributed by atoms with Crippen LogP contribution < -0.4 is 20.1 Å². The number of nitrogens with zero attached hydrogens (tertiary/aromatic N) is 3. The molecule has 10 nitrogen and oxygen atoms in total. The molecule has 0 fully saturated rings. The molecule has 3 N–H and O–H groups in total. The molecule has 1 heterocycles. The number of halogens is 7. The van der Waals surface area contributed by atoms with Crippen LogP contribution in [0.25, 0.3) is 22.2 Å². The number of alkyl halides is 3. The summed E-state index contributed by atoms with van der Waals surface area (Å²) in [6.07, 6.45) is -2.98. The second-order valence-corrected chi connectivity index (χ2v) is 12.6. The summed E-state index contributed by atoms with van der Waals surface area (Å²) in [4.78, 5) is 15.4. The Balaban J connectivity index is 1.47. The maximum absolute atomic E-state index is 14.6. The Hall–Kier alpha value is -5.67. The van der Waals surface area contributed by atoms with Gasteiger partial charge in [-0.25, -0.2) is 31.0 Å². The number of anilines is 2. The highest BCUT2D eigenvalue weighted by atomic mass is 32.2. The summed E-state index contributed by atoms with van der Waals surface area (Å²) in [5, 5.41) is 14.2. The SMILES string of the molecule is CNCCCOc1cc(C(=O)Nc2cccc(-c3cc4ncn(C)c4cc3C(F)(F)F)c2)ccc1NS(=O)(=O)c1c(F)c(F)c(C#N)c(F)c1F. The van der Waals surface area contributed by atoms with Gasteiger partial charge in [0.1, 0.15) is 17.4 Å². The Morgan fingerprint density at radius 1 is 1.00 bits per heavy atom. The van der Waals surface area contributed by atoms with Crippen molar-refractivity contribution in [2.24, 2.45) is 7.05 Å². The monoisotopic (exact) mass is 734 g/mol. The van der Waals surface area contributed by atoms with Crippen molar-refractivity contribution < 1.29 is 48.7 Å². The summed E-state index contributed by atoms with van der Waals surface area (Å²) in [6, 6.07) is 11.9. The van der Waals surface area contributed by atoms with E-state index < -0.39 is 67.1 Å². The molecule has 5 aromatic rings. The molecule has 0 saturated carbocycles. The molecule has 0 radical (unpaired) electrons. The summed E-state index contributed by atoms with van der Waals surface area (Å²) in [5.74, 6) is -10.3. The van der Waals surface area contributed by atoms with Crippen molar-refractivity contribution in [1.82, 2.24) is 14.9 Å². The Bertz CT molecular complexity index is 2290. The Kier molecular flexibility index (Phi) is 10.3. The average molecular weight is 735 g/mol. The Labute approximate surface area is 285 Å². The molecular formula is C33H25F7N6O4S. The van der Waals surface area contributed by atoms with Crippen molar-refractivity contribution in [2.75, 3.05) is 30.2 Å². The van der Waals surface area contributed by atoms with Crippen LogP contribution in [0, 0.1) is 34.6 Å². The minimum atomic E-state index is -5.41. The van der Waals surface area contributed by atoms with Gasteiger partial charge in [-0.1, -0.05) is 12.1 Å². The van der Waals surface area contributed by atoms with E-state index in [1.807, 2.05) is 0 Å². The summed E-state index contributed by atoms with van der Waals surface area (Å²) >= 11 is 0. The van der Waals surface area contributed by atoms with E-state index in [4.69, 9.17) is 10.00 Å². The number of fused-ring (bicyclic) bond motifs is 1. The van der Waals surface area contributed by atoms with Crippen molar-refractivity contribution in [3.05, 3.63) is 101 Å². The summed E-state index contributed by atoms with van der Waals surface area (Å²) in [6.45, 7) is 0.384. The predicted molar refractivity (Wildman–Crippen MR) is 171 cm³/mol. The molecule has 0 spiro atoms. The summed E-state index contributed by atoms with van der Waals surface area (Å²) in [7, 11) is -2.20. The Morgan fingerprint density at radius 2 is 1.71 bits per heavy atom. The van der Waals surface area contributed by atoms with Crippen LogP contribution in [0.15, 0.2) is 65.8 Å². The lowest BCUT2D eigenvalue weighted by molar-refractivity contribution is -0.137. The lowest BCUT2D eigenvalue weighted by Crippen LogP contribution is -2.20. The molecule has 266 valence electrons. The molecule has 5 rings (SSSR count). The molecular weight excluding hydrogens is 709 g/mol. The van der Waals surface area contributed by atoms with Gasteiger partial charge in [0.25, 0.3) is 15.9 Å². The first kappa shape index (κ1) is 36.6. The number of aromatic nitrogens is 2. The molecule has 1 aromatic heterocycles. The predicted octanol–water partition coefficient (Wildman–Crippen LogP) is 6.73. The van der Waals surface area contributed by atoms with Crippen molar-refractivity contribution in [3.63, 3.8) is 0 Å². The zero-order chi connectivity index (χ0) is 37.2. The molecule has 0 aliphatic heterocycles. The van der Waals surface area contributed by atoms with Gasteiger partial charge in [0.2, 0.25) is 0 Å². The van der Waals surface area contributed by atoms with Gasteiger partial charge in [-0.2, -0.15) is 18.4 Å². The number of carbonyl (C=O) groups is 1.